The van der Waals surface area contributed by atoms with Crippen LogP contribution in [-0.4, -0.2) is 46.3 Å². The number of ether oxygens (including phenoxy) is 1. The number of aliphatic hydroxyl groups excluding tert-OH is 3. The molecule has 0 saturated carbocycles. The van der Waals surface area contributed by atoms with Gasteiger partial charge in [-0.2, -0.15) is 0 Å². The van der Waals surface area contributed by atoms with Crippen LogP contribution in [0.2, 0.25) is 0 Å². The molecule has 1 rings (SSSR count). The predicted octanol–water partition coefficient (Wildman–Crippen LogP) is -1.12. The Labute approximate surface area is 65.4 Å². The topological polar surface area (TPSA) is 69.9 Å². The van der Waals surface area contributed by atoms with Gasteiger partial charge in [-0.25, -0.2) is 0 Å². The molecule has 1 saturated heterocycles. The van der Waals surface area contributed by atoms with Gasteiger partial charge in [0.2, 0.25) is 0 Å². The smallest absolute Gasteiger partial charge is 0.109 e. The molecule has 1 fully saturated rings. The third-order valence-corrected chi connectivity index (χ3v) is 1.94. The van der Waals surface area contributed by atoms with E-state index in [1.54, 1.807) is 6.92 Å². The molecule has 1 heterocycles. The molecule has 0 amide bonds. The third kappa shape index (κ3) is 1.90. The van der Waals surface area contributed by atoms with Crippen LogP contribution in [0.25, 0.3) is 0 Å². The molecule has 1 aliphatic heterocycles. The van der Waals surface area contributed by atoms with Gasteiger partial charge in [0.05, 0.1) is 18.8 Å². The van der Waals surface area contributed by atoms with Crippen molar-refractivity contribution in [2.45, 2.75) is 37.8 Å². The fraction of sp³-hybridized carbons (Fsp3) is 1.00. The van der Waals surface area contributed by atoms with Crippen LogP contribution >= 0.6 is 0 Å². The number of hydrogen-bond acceptors (Lipinski definition) is 4. The van der Waals surface area contributed by atoms with E-state index in [0.717, 1.165) is 0 Å². The van der Waals surface area contributed by atoms with Crippen molar-refractivity contribution < 1.29 is 20.1 Å². The second-order valence-corrected chi connectivity index (χ2v) is 2.96. The quantitative estimate of drug-likeness (QED) is 0.456. The molecule has 4 atom stereocenters. The van der Waals surface area contributed by atoms with Crippen molar-refractivity contribution in [3.63, 3.8) is 0 Å². The molecule has 0 aromatic heterocycles. The lowest BCUT2D eigenvalue weighted by atomic mass is 9.99. The highest BCUT2D eigenvalue weighted by Gasteiger charge is 2.34. The van der Waals surface area contributed by atoms with Gasteiger partial charge in [0.15, 0.2) is 0 Å². The molecule has 0 spiro atoms. The first-order chi connectivity index (χ1) is 5.15. The predicted molar refractivity (Wildman–Crippen MR) is 38.1 cm³/mol. The van der Waals surface area contributed by atoms with Crippen LogP contribution in [0.4, 0.5) is 0 Å². The number of hydrogen-bond donors (Lipinski definition) is 3. The van der Waals surface area contributed by atoms with Crippen molar-refractivity contribution in [3.05, 3.63) is 0 Å². The van der Waals surface area contributed by atoms with E-state index >= 15 is 0 Å². The van der Waals surface area contributed by atoms with Gasteiger partial charge < -0.3 is 20.1 Å². The fourth-order valence-corrected chi connectivity index (χ4v) is 1.31. The fourth-order valence-electron chi connectivity index (χ4n) is 1.31. The highest BCUT2D eigenvalue weighted by molar-refractivity contribution is 4.83. The van der Waals surface area contributed by atoms with E-state index in [-0.39, 0.29) is 12.7 Å². The molecule has 0 radical (unpaired) electrons. The van der Waals surface area contributed by atoms with Gasteiger partial charge in [-0.1, -0.05) is 0 Å². The summed E-state index contributed by atoms with van der Waals surface area (Å²) in [6.45, 7) is 1.56. The summed E-state index contributed by atoms with van der Waals surface area (Å²) < 4.78 is 5.16. The van der Waals surface area contributed by atoms with E-state index in [9.17, 15) is 10.2 Å². The Hall–Kier alpha value is -0.160. The molecule has 0 aromatic carbocycles. The van der Waals surface area contributed by atoms with Crippen molar-refractivity contribution in [2.24, 2.45) is 0 Å². The van der Waals surface area contributed by atoms with Gasteiger partial charge in [0, 0.05) is 6.42 Å². The van der Waals surface area contributed by atoms with Crippen LogP contribution in [0.5, 0.6) is 0 Å². The van der Waals surface area contributed by atoms with Crippen LogP contribution in [0.3, 0.4) is 0 Å². The van der Waals surface area contributed by atoms with Crippen molar-refractivity contribution >= 4 is 0 Å². The van der Waals surface area contributed by atoms with Crippen molar-refractivity contribution in [1.82, 2.24) is 0 Å². The Bertz CT molecular complexity index is 128. The van der Waals surface area contributed by atoms with Gasteiger partial charge >= 0.3 is 0 Å². The van der Waals surface area contributed by atoms with Crippen LogP contribution < -0.4 is 0 Å². The molecule has 0 aromatic rings. The maximum Gasteiger partial charge on any atom is 0.109 e. The van der Waals surface area contributed by atoms with Gasteiger partial charge in [0.25, 0.3) is 0 Å². The molecule has 1 aliphatic rings. The number of rotatable bonds is 1. The minimum atomic E-state index is -0.948. The van der Waals surface area contributed by atoms with Gasteiger partial charge in [-0.05, 0) is 6.92 Å². The molecule has 66 valence electrons. The van der Waals surface area contributed by atoms with Gasteiger partial charge in [-0.15, -0.1) is 0 Å². The molecule has 4 nitrogen and oxygen atoms in total. The number of aliphatic hydroxyl groups is 3. The molecule has 3 N–H and O–H groups in total. The lowest BCUT2D eigenvalue weighted by Gasteiger charge is -2.34. The zero-order chi connectivity index (χ0) is 8.43. The summed E-state index contributed by atoms with van der Waals surface area (Å²) in [7, 11) is 0. The maximum atomic E-state index is 9.22. The lowest BCUT2D eigenvalue weighted by Crippen LogP contribution is -2.49. The van der Waals surface area contributed by atoms with E-state index in [1.165, 1.54) is 0 Å². The summed E-state index contributed by atoms with van der Waals surface area (Å²) in [5, 5.41) is 27.1. The minimum Gasteiger partial charge on any atom is -0.394 e. The van der Waals surface area contributed by atoms with Crippen molar-refractivity contribution in [3.8, 4) is 0 Å². The highest BCUT2D eigenvalue weighted by atomic mass is 16.5. The molecule has 3 unspecified atom stereocenters. The minimum absolute atomic E-state index is 0.0921. The average Bonchev–Trinajstić information content (AvgIpc) is 1.96. The first-order valence-electron chi connectivity index (χ1n) is 3.77. The third-order valence-electron chi connectivity index (χ3n) is 1.94. The molecule has 11 heavy (non-hydrogen) atoms. The Kier molecular flexibility index (Phi) is 2.84. The summed E-state index contributed by atoms with van der Waals surface area (Å²) in [5.74, 6) is 0. The normalized spacial score (nSPS) is 45.8. The zero-order valence-corrected chi connectivity index (χ0v) is 6.47. The van der Waals surface area contributed by atoms with Gasteiger partial charge in [0.1, 0.15) is 12.2 Å². The standard InChI is InChI=1S/C7H14O4/c1-4-2-5(9)7(10)6(3-8)11-4/h4-10H,2-3H2,1H3/t4?,5-,6?,7?/m1/s1. The first-order valence-corrected chi connectivity index (χ1v) is 3.77. The van der Waals surface area contributed by atoms with Crippen LogP contribution in [-0.2, 0) is 4.74 Å². The van der Waals surface area contributed by atoms with E-state index < -0.39 is 18.3 Å². The summed E-state index contributed by atoms with van der Waals surface area (Å²) in [6.07, 6.45) is -2.01. The maximum absolute atomic E-state index is 9.22. The highest BCUT2D eigenvalue weighted by Crippen LogP contribution is 2.19. The average molecular weight is 162 g/mol. The SMILES string of the molecule is CC1C[C@@H](O)C(O)C(CO)O1. The van der Waals surface area contributed by atoms with Gasteiger partial charge in [-0.3, -0.25) is 0 Å². The summed E-state index contributed by atoms with van der Waals surface area (Å²) in [6, 6.07) is 0. The monoisotopic (exact) mass is 162 g/mol. The van der Waals surface area contributed by atoms with E-state index in [4.69, 9.17) is 9.84 Å². The lowest BCUT2D eigenvalue weighted by molar-refractivity contribution is -0.174. The molecule has 0 bridgehead atoms. The molecule has 4 heteroatoms. The summed E-state index contributed by atoms with van der Waals surface area (Å²) in [4.78, 5) is 0. The van der Waals surface area contributed by atoms with Crippen LogP contribution in [0, 0.1) is 0 Å². The Morgan fingerprint density at radius 1 is 1.45 bits per heavy atom. The zero-order valence-electron chi connectivity index (χ0n) is 6.47. The van der Waals surface area contributed by atoms with Crippen molar-refractivity contribution in [1.29, 1.82) is 0 Å². The Morgan fingerprint density at radius 2 is 2.09 bits per heavy atom. The second kappa shape index (κ2) is 3.49. The van der Waals surface area contributed by atoms with E-state index in [2.05, 4.69) is 0 Å². The Morgan fingerprint density at radius 3 is 2.64 bits per heavy atom. The molecular weight excluding hydrogens is 148 g/mol. The summed E-state index contributed by atoms with van der Waals surface area (Å²) in [5.41, 5.74) is 0. The van der Waals surface area contributed by atoms with Crippen molar-refractivity contribution in [2.75, 3.05) is 6.61 Å². The Balaban J connectivity index is 2.51. The van der Waals surface area contributed by atoms with E-state index in [0.29, 0.717) is 6.42 Å². The molecular formula is C7H14O4. The van der Waals surface area contributed by atoms with Crippen LogP contribution in [0.1, 0.15) is 13.3 Å². The molecule has 0 aliphatic carbocycles. The largest absolute Gasteiger partial charge is 0.394 e. The first kappa shape index (κ1) is 8.93. The summed E-state index contributed by atoms with van der Waals surface area (Å²) >= 11 is 0. The van der Waals surface area contributed by atoms with Crippen LogP contribution in [0.15, 0.2) is 0 Å². The second-order valence-electron chi connectivity index (χ2n) is 2.96. The van der Waals surface area contributed by atoms with E-state index in [1.807, 2.05) is 0 Å².